The average Bonchev–Trinajstić information content (AvgIpc) is 2.47. The highest BCUT2D eigenvalue weighted by Gasteiger charge is 2.10. The van der Waals surface area contributed by atoms with Crippen molar-refractivity contribution in [1.29, 1.82) is 5.26 Å². The number of anilines is 1. The summed E-state index contributed by atoms with van der Waals surface area (Å²) in [7, 11) is 1.57. The minimum Gasteiger partial charge on any atom is -0.496 e. The van der Waals surface area contributed by atoms with Gasteiger partial charge in [0.2, 0.25) is 0 Å². The molecule has 0 saturated carbocycles. The molecule has 2 rings (SSSR count). The number of methoxy groups -OCH3 is 1. The van der Waals surface area contributed by atoms with Gasteiger partial charge in [-0.05, 0) is 23.8 Å². The molecule has 0 unspecified atom stereocenters. The van der Waals surface area contributed by atoms with E-state index in [1.165, 1.54) is 17.8 Å². The van der Waals surface area contributed by atoms with Crippen LogP contribution in [0.25, 0.3) is 0 Å². The fourth-order valence-corrected chi connectivity index (χ4v) is 2.72. The van der Waals surface area contributed by atoms with Gasteiger partial charge in [0.05, 0.1) is 12.7 Å². The van der Waals surface area contributed by atoms with E-state index in [1.807, 2.05) is 12.1 Å². The van der Waals surface area contributed by atoms with Crippen LogP contribution in [0.5, 0.6) is 5.75 Å². The fourth-order valence-electron chi connectivity index (χ4n) is 1.74. The van der Waals surface area contributed by atoms with Crippen molar-refractivity contribution >= 4 is 17.4 Å². The fraction of sp³-hybridized carbons (Fsp3) is 0.133. The van der Waals surface area contributed by atoms with Gasteiger partial charge in [-0.25, -0.2) is 4.39 Å². The second-order valence-electron chi connectivity index (χ2n) is 4.09. The Morgan fingerprint density at radius 3 is 2.85 bits per heavy atom. The van der Waals surface area contributed by atoms with Crippen molar-refractivity contribution in [1.82, 2.24) is 0 Å². The van der Waals surface area contributed by atoms with E-state index in [0.29, 0.717) is 22.8 Å². The summed E-state index contributed by atoms with van der Waals surface area (Å²) in [5.74, 6) is 0.616. The Bertz CT molecular complexity index is 667. The van der Waals surface area contributed by atoms with Crippen molar-refractivity contribution in [2.45, 2.75) is 10.6 Å². The molecule has 0 amide bonds. The molecule has 0 radical (unpaired) electrons. The number of benzene rings is 2. The maximum atomic E-state index is 13.9. The molecule has 0 fully saturated rings. The first kappa shape index (κ1) is 14.2. The number of nitriles is 1. The van der Waals surface area contributed by atoms with Crippen molar-refractivity contribution in [3.8, 4) is 11.8 Å². The summed E-state index contributed by atoms with van der Waals surface area (Å²) >= 11 is 1.44. The minimum absolute atomic E-state index is 0.0624. The number of thioether (sulfide) groups is 1. The first-order chi connectivity index (χ1) is 9.65. The quantitative estimate of drug-likeness (QED) is 0.690. The lowest BCUT2D eigenvalue weighted by Gasteiger charge is -2.09. The summed E-state index contributed by atoms with van der Waals surface area (Å²) in [5, 5.41) is 8.81. The molecular weight excluding hydrogens is 275 g/mol. The number of nitrogens with two attached hydrogens (primary N) is 1. The van der Waals surface area contributed by atoms with Gasteiger partial charge in [0.1, 0.15) is 17.6 Å². The van der Waals surface area contributed by atoms with Gasteiger partial charge in [-0.3, -0.25) is 0 Å². The smallest absolute Gasteiger partial charge is 0.144 e. The molecule has 102 valence electrons. The molecule has 5 heteroatoms. The van der Waals surface area contributed by atoms with Crippen LogP contribution in [0.15, 0.2) is 41.3 Å². The lowest BCUT2D eigenvalue weighted by atomic mass is 10.1. The molecule has 0 saturated heterocycles. The van der Waals surface area contributed by atoms with Crippen molar-refractivity contribution in [3.63, 3.8) is 0 Å². The van der Waals surface area contributed by atoms with Crippen LogP contribution in [0.1, 0.15) is 11.1 Å². The molecule has 0 atom stereocenters. The highest BCUT2D eigenvalue weighted by Crippen LogP contribution is 2.33. The van der Waals surface area contributed by atoms with Crippen LogP contribution in [0.4, 0.5) is 10.1 Å². The van der Waals surface area contributed by atoms with Crippen molar-refractivity contribution in [2.24, 2.45) is 0 Å². The van der Waals surface area contributed by atoms with Gasteiger partial charge >= 0.3 is 0 Å². The van der Waals surface area contributed by atoms with Crippen LogP contribution in [-0.2, 0) is 5.75 Å². The van der Waals surface area contributed by atoms with Gasteiger partial charge in [-0.15, -0.1) is 11.8 Å². The van der Waals surface area contributed by atoms with E-state index >= 15 is 0 Å². The molecule has 2 aromatic rings. The first-order valence-electron chi connectivity index (χ1n) is 5.89. The van der Waals surface area contributed by atoms with Crippen LogP contribution in [0, 0.1) is 17.1 Å². The molecule has 2 N–H and O–H groups in total. The van der Waals surface area contributed by atoms with Gasteiger partial charge in [0, 0.05) is 22.4 Å². The lowest BCUT2D eigenvalue weighted by Crippen LogP contribution is -1.93. The topological polar surface area (TPSA) is 59.0 Å². The second-order valence-corrected chi connectivity index (χ2v) is 5.11. The summed E-state index contributed by atoms with van der Waals surface area (Å²) in [6.07, 6.45) is 0. The van der Waals surface area contributed by atoms with Gasteiger partial charge in [-0.1, -0.05) is 12.1 Å². The maximum absolute atomic E-state index is 13.9. The zero-order valence-electron chi connectivity index (χ0n) is 10.9. The Morgan fingerprint density at radius 1 is 1.35 bits per heavy atom. The lowest BCUT2D eigenvalue weighted by molar-refractivity contribution is 0.405. The highest BCUT2D eigenvalue weighted by molar-refractivity contribution is 7.98. The van der Waals surface area contributed by atoms with Gasteiger partial charge in [-0.2, -0.15) is 5.26 Å². The van der Waals surface area contributed by atoms with Gasteiger partial charge < -0.3 is 10.5 Å². The van der Waals surface area contributed by atoms with Gasteiger partial charge in [0.25, 0.3) is 0 Å². The van der Waals surface area contributed by atoms with Gasteiger partial charge in [0.15, 0.2) is 0 Å². The first-order valence-corrected chi connectivity index (χ1v) is 6.88. The summed E-state index contributed by atoms with van der Waals surface area (Å²) in [4.78, 5) is 0.878. The molecule has 0 spiro atoms. The molecule has 0 aliphatic rings. The van der Waals surface area contributed by atoms with E-state index in [9.17, 15) is 4.39 Å². The van der Waals surface area contributed by atoms with Crippen LogP contribution < -0.4 is 10.5 Å². The Hall–Kier alpha value is -2.19. The van der Waals surface area contributed by atoms with Crippen molar-refractivity contribution in [2.75, 3.05) is 12.8 Å². The number of ether oxygens (including phenoxy) is 1. The van der Waals surface area contributed by atoms with Crippen LogP contribution in [0.3, 0.4) is 0 Å². The summed E-state index contributed by atoms with van der Waals surface area (Å²) < 4.78 is 19.2. The maximum Gasteiger partial charge on any atom is 0.144 e. The third-order valence-corrected chi connectivity index (χ3v) is 3.87. The van der Waals surface area contributed by atoms with Crippen LogP contribution >= 0.6 is 11.8 Å². The zero-order valence-corrected chi connectivity index (χ0v) is 11.7. The second kappa shape index (κ2) is 6.31. The average molecular weight is 288 g/mol. The van der Waals surface area contributed by atoms with E-state index in [2.05, 4.69) is 0 Å². The van der Waals surface area contributed by atoms with E-state index in [-0.39, 0.29) is 5.56 Å². The van der Waals surface area contributed by atoms with Crippen LogP contribution in [0.2, 0.25) is 0 Å². The Morgan fingerprint density at radius 2 is 2.15 bits per heavy atom. The Balaban J connectivity index is 2.19. The number of halogens is 1. The van der Waals surface area contributed by atoms with E-state index in [0.717, 1.165) is 4.90 Å². The van der Waals surface area contributed by atoms with Crippen molar-refractivity contribution in [3.05, 3.63) is 53.3 Å². The summed E-state index contributed by atoms with van der Waals surface area (Å²) in [6, 6.07) is 12.0. The molecule has 2 aromatic carbocycles. The molecular formula is C15H13FN2OS. The molecule has 0 heterocycles. The zero-order chi connectivity index (χ0) is 14.5. The Kier molecular flexibility index (Phi) is 4.49. The third-order valence-electron chi connectivity index (χ3n) is 2.77. The highest BCUT2D eigenvalue weighted by atomic mass is 32.2. The van der Waals surface area contributed by atoms with E-state index in [1.54, 1.807) is 31.4 Å². The Labute approximate surface area is 121 Å². The molecule has 0 aliphatic heterocycles. The predicted molar refractivity (Wildman–Crippen MR) is 78.1 cm³/mol. The monoisotopic (exact) mass is 288 g/mol. The minimum atomic E-state index is -0.461. The van der Waals surface area contributed by atoms with Crippen molar-refractivity contribution < 1.29 is 9.13 Å². The molecule has 0 aliphatic carbocycles. The normalized spacial score (nSPS) is 10.1. The molecule has 0 aromatic heterocycles. The molecule has 20 heavy (non-hydrogen) atoms. The third kappa shape index (κ3) is 3.03. The molecule has 3 nitrogen and oxygen atoms in total. The van der Waals surface area contributed by atoms with E-state index < -0.39 is 5.82 Å². The number of rotatable bonds is 4. The largest absolute Gasteiger partial charge is 0.496 e. The number of hydrogen-bond donors (Lipinski definition) is 1. The SMILES string of the molecule is COc1cc(N)ccc1SCc1cccc(C#N)c1F. The summed E-state index contributed by atoms with van der Waals surface area (Å²) in [5.41, 5.74) is 6.86. The molecule has 0 bridgehead atoms. The standard InChI is InChI=1S/C15H13FN2OS/c1-19-13-7-12(18)5-6-14(13)20-9-11-4-2-3-10(8-17)15(11)16/h2-7H,9,18H2,1H3. The predicted octanol–water partition coefficient (Wildman–Crippen LogP) is 3.58. The number of nitrogens with zero attached hydrogens (tertiary/aromatic N) is 1. The number of hydrogen-bond acceptors (Lipinski definition) is 4. The van der Waals surface area contributed by atoms with Crippen LogP contribution in [-0.4, -0.2) is 7.11 Å². The number of nitrogen functional groups attached to an aromatic ring is 1. The summed E-state index contributed by atoms with van der Waals surface area (Å²) in [6.45, 7) is 0. The van der Waals surface area contributed by atoms with E-state index in [4.69, 9.17) is 15.7 Å².